The fourth-order valence-corrected chi connectivity index (χ4v) is 2.85. The molecule has 6 heteroatoms. The lowest BCUT2D eigenvalue weighted by atomic mass is 10.0. The third kappa shape index (κ3) is 3.77. The Morgan fingerprint density at radius 1 is 1.17 bits per heavy atom. The summed E-state index contributed by atoms with van der Waals surface area (Å²) in [6.45, 7) is 1.49. The summed E-state index contributed by atoms with van der Waals surface area (Å²) < 4.78 is 0. The molecule has 2 heterocycles. The number of carbonyl (C=O) groups is 1. The number of aromatic nitrogens is 2. The number of para-hydroxylation sites is 1. The number of carbonyl (C=O) groups excluding carboxylic acids is 1. The monoisotopic (exact) mass is 311 g/mol. The van der Waals surface area contributed by atoms with Crippen LogP contribution in [0.2, 0.25) is 0 Å². The van der Waals surface area contributed by atoms with Crippen LogP contribution in [0.4, 0.5) is 16.3 Å². The van der Waals surface area contributed by atoms with Gasteiger partial charge in [-0.15, -0.1) is 5.10 Å². The third-order valence-corrected chi connectivity index (χ3v) is 4.24. The number of urea groups is 1. The Labute approximate surface area is 136 Å². The molecule has 1 saturated heterocycles. The summed E-state index contributed by atoms with van der Waals surface area (Å²) in [5.74, 6) is 0.875. The minimum absolute atomic E-state index is 0.0307. The molecule has 120 valence electrons. The van der Waals surface area contributed by atoms with Crippen LogP contribution in [0.5, 0.6) is 0 Å². The molecule has 1 aliphatic heterocycles. The van der Waals surface area contributed by atoms with Gasteiger partial charge < -0.3 is 15.1 Å². The Morgan fingerprint density at radius 2 is 1.91 bits per heavy atom. The molecule has 2 amide bonds. The van der Waals surface area contributed by atoms with Gasteiger partial charge in [-0.3, -0.25) is 0 Å². The molecule has 6 nitrogen and oxygen atoms in total. The highest BCUT2D eigenvalue weighted by atomic mass is 16.2. The summed E-state index contributed by atoms with van der Waals surface area (Å²) in [5, 5.41) is 11.0. The van der Waals surface area contributed by atoms with Gasteiger partial charge in [-0.25, -0.2) is 4.79 Å². The minimum atomic E-state index is -0.0307. The SMILES string of the molecule is CN(c1cccnn1)C1CCN(C(=O)Nc2ccccc2)CC1. The van der Waals surface area contributed by atoms with Gasteiger partial charge in [0.15, 0.2) is 5.82 Å². The highest BCUT2D eigenvalue weighted by Crippen LogP contribution is 2.20. The molecule has 0 bridgehead atoms. The van der Waals surface area contributed by atoms with Crippen molar-refractivity contribution in [3.05, 3.63) is 48.7 Å². The molecule has 23 heavy (non-hydrogen) atoms. The van der Waals surface area contributed by atoms with E-state index >= 15 is 0 Å². The average Bonchev–Trinajstić information content (AvgIpc) is 2.63. The highest BCUT2D eigenvalue weighted by molar-refractivity contribution is 5.89. The van der Waals surface area contributed by atoms with Crippen molar-refractivity contribution in [3.63, 3.8) is 0 Å². The minimum Gasteiger partial charge on any atom is -0.355 e. The van der Waals surface area contributed by atoms with Crippen LogP contribution in [0.3, 0.4) is 0 Å². The molecule has 2 aromatic rings. The largest absolute Gasteiger partial charge is 0.355 e. The van der Waals surface area contributed by atoms with Crippen molar-refractivity contribution in [2.75, 3.05) is 30.4 Å². The van der Waals surface area contributed by atoms with Gasteiger partial charge in [-0.2, -0.15) is 5.10 Å². The first-order chi connectivity index (χ1) is 11.2. The third-order valence-electron chi connectivity index (χ3n) is 4.24. The van der Waals surface area contributed by atoms with Gasteiger partial charge in [0.2, 0.25) is 0 Å². The molecule has 0 radical (unpaired) electrons. The Morgan fingerprint density at radius 3 is 2.57 bits per heavy atom. The summed E-state index contributed by atoms with van der Waals surface area (Å²) >= 11 is 0. The fourth-order valence-electron chi connectivity index (χ4n) is 2.85. The van der Waals surface area contributed by atoms with Gasteiger partial charge in [0.05, 0.1) is 0 Å². The Kier molecular flexibility index (Phi) is 4.71. The Hall–Kier alpha value is -2.63. The van der Waals surface area contributed by atoms with E-state index in [2.05, 4.69) is 20.4 Å². The van der Waals surface area contributed by atoms with E-state index in [9.17, 15) is 4.79 Å². The summed E-state index contributed by atoms with van der Waals surface area (Å²) in [7, 11) is 2.04. The molecule has 3 rings (SSSR count). The average molecular weight is 311 g/mol. The van der Waals surface area contributed by atoms with E-state index < -0.39 is 0 Å². The maximum atomic E-state index is 12.3. The molecule has 1 N–H and O–H groups in total. The van der Waals surface area contributed by atoms with Crippen molar-refractivity contribution in [3.8, 4) is 0 Å². The smallest absolute Gasteiger partial charge is 0.321 e. The second kappa shape index (κ2) is 7.09. The summed E-state index contributed by atoms with van der Waals surface area (Å²) in [6, 6.07) is 13.8. The van der Waals surface area contributed by atoms with Crippen LogP contribution in [0.25, 0.3) is 0 Å². The van der Waals surface area contributed by atoms with E-state index in [1.165, 1.54) is 0 Å². The van der Waals surface area contributed by atoms with Gasteiger partial charge in [0, 0.05) is 38.1 Å². The molecule has 0 saturated carbocycles. The van der Waals surface area contributed by atoms with Crippen molar-refractivity contribution >= 4 is 17.5 Å². The van der Waals surface area contributed by atoms with Gasteiger partial charge >= 0.3 is 6.03 Å². The van der Waals surface area contributed by atoms with Gasteiger partial charge in [0.25, 0.3) is 0 Å². The number of piperidine rings is 1. The second-order valence-corrected chi connectivity index (χ2v) is 5.71. The van der Waals surface area contributed by atoms with Crippen LogP contribution >= 0.6 is 0 Å². The molecule has 0 unspecified atom stereocenters. The topological polar surface area (TPSA) is 61.4 Å². The van der Waals surface area contributed by atoms with E-state index in [1.807, 2.05) is 54.4 Å². The normalized spacial score (nSPS) is 15.3. The van der Waals surface area contributed by atoms with Crippen LogP contribution in [0.15, 0.2) is 48.7 Å². The molecule has 1 aromatic heterocycles. The zero-order valence-electron chi connectivity index (χ0n) is 13.2. The van der Waals surface area contributed by atoms with Crippen molar-refractivity contribution in [2.24, 2.45) is 0 Å². The Balaban J connectivity index is 1.53. The molecular formula is C17H21N5O. The zero-order valence-corrected chi connectivity index (χ0v) is 13.2. The molecule has 0 atom stereocenters. The van der Waals surface area contributed by atoms with Gasteiger partial charge in [-0.05, 0) is 37.1 Å². The first-order valence-electron chi connectivity index (χ1n) is 7.85. The summed E-state index contributed by atoms with van der Waals surface area (Å²) in [4.78, 5) is 16.3. The number of anilines is 2. The quantitative estimate of drug-likeness (QED) is 0.946. The van der Waals surface area contributed by atoms with E-state index in [0.717, 1.165) is 37.4 Å². The van der Waals surface area contributed by atoms with Crippen LogP contribution in [0.1, 0.15) is 12.8 Å². The number of amides is 2. The van der Waals surface area contributed by atoms with E-state index in [1.54, 1.807) is 6.20 Å². The van der Waals surface area contributed by atoms with Crippen LogP contribution in [0, 0.1) is 0 Å². The van der Waals surface area contributed by atoms with Crippen LogP contribution in [-0.2, 0) is 0 Å². The number of nitrogens with one attached hydrogen (secondary N) is 1. The zero-order chi connectivity index (χ0) is 16.1. The molecule has 1 aliphatic rings. The van der Waals surface area contributed by atoms with E-state index in [4.69, 9.17) is 0 Å². The number of rotatable bonds is 3. The number of nitrogens with zero attached hydrogens (tertiary/aromatic N) is 4. The summed E-state index contributed by atoms with van der Waals surface area (Å²) in [6.07, 6.45) is 3.53. The first-order valence-corrected chi connectivity index (χ1v) is 7.85. The fraction of sp³-hybridized carbons (Fsp3) is 0.353. The first kappa shape index (κ1) is 15.3. The standard InChI is InChI=1S/C17H21N5O/c1-21(16-8-5-11-18-20-16)15-9-12-22(13-10-15)17(23)19-14-6-3-2-4-7-14/h2-8,11,15H,9-10,12-13H2,1H3,(H,19,23). The number of likely N-dealkylation sites (tertiary alicyclic amines) is 1. The Bertz CT molecular complexity index is 626. The second-order valence-electron chi connectivity index (χ2n) is 5.71. The molecule has 1 fully saturated rings. The number of hydrogen-bond donors (Lipinski definition) is 1. The van der Waals surface area contributed by atoms with Crippen molar-refractivity contribution in [1.29, 1.82) is 0 Å². The maximum Gasteiger partial charge on any atom is 0.321 e. The predicted molar refractivity (Wildman–Crippen MR) is 90.5 cm³/mol. The maximum absolute atomic E-state index is 12.3. The molecule has 0 spiro atoms. The number of hydrogen-bond acceptors (Lipinski definition) is 4. The lowest BCUT2D eigenvalue weighted by Gasteiger charge is -2.37. The predicted octanol–water partition coefficient (Wildman–Crippen LogP) is 2.61. The highest BCUT2D eigenvalue weighted by Gasteiger charge is 2.26. The van der Waals surface area contributed by atoms with Crippen molar-refractivity contribution in [2.45, 2.75) is 18.9 Å². The number of benzene rings is 1. The van der Waals surface area contributed by atoms with Crippen molar-refractivity contribution < 1.29 is 4.79 Å². The lowest BCUT2D eigenvalue weighted by molar-refractivity contribution is 0.194. The van der Waals surface area contributed by atoms with E-state index in [0.29, 0.717) is 6.04 Å². The summed E-state index contributed by atoms with van der Waals surface area (Å²) in [5.41, 5.74) is 0.830. The molecule has 0 aliphatic carbocycles. The lowest BCUT2D eigenvalue weighted by Crippen LogP contribution is -2.47. The molecule has 1 aromatic carbocycles. The van der Waals surface area contributed by atoms with Gasteiger partial charge in [-0.1, -0.05) is 18.2 Å². The van der Waals surface area contributed by atoms with Crippen LogP contribution < -0.4 is 10.2 Å². The van der Waals surface area contributed by atoms with E-state index in [-0.39, 0.29) is 6.03 Å². The van der Waals surface area contributed by atoms with Crippen molar-refractivity contribution in [1.82, 2.24) is 15.1 Å². The van der Waals surface area contributed by atoms with Gasteiger partial charge in [0.1, 0.15) is 0 Å². The van der Waals surface area contributed by atoms with Crippen LogP contribution in [-0.4, -0.2) is 47.3 Å². The molecular weight excluding hydrogens is 290 g/mol.